The van der Waals surface area contributed by atoms with Crippen molar-refractivity contribution in [3.8, 4) is 17.3 Å². The number of morpholine rings is 1. The van der Waals surface area contributed by atoms with Crippen LogP contribution in [-0.2, 0) is 18.4 Å². The Hall–Kier alpha value is -2.97. The average molecular weight is 422 g/mol. The number of hydrogen-bond acceptors (Lipinski definition) is 7. The van der Waals surface area contributed by atoms with Gasteiger partial charge in [-0.2, -0.15) is 9.97 Å². The van der Waals surface area contributed by atoms with Crippen molar-refractivity contribution in [2.45, 2.75) is 13.5 Å². The van der Waals surface area contributed by atoms with Crippen LogP contribution in [0.15, 0.2) is 41.9 Å². The minimum absolute atomic E-state index is 0.306. The van der Waals surface area contributed by atoms with Gasteiger partial charge in [-0.15, -0.1) is 11.3 Å². The zero-order chi connectivity index (χ0) is 20.5. The summed E-state index contributed by atoms with van der Waals surface area (Å²) in [7, 11) is 1.98. The highest BCUT2D eigenvalue weighted by Crippen LogP contribution is 2.33. The van der Waals surface area contributed by atoms with Crippen LogP contribution in [0.1, 0.15) is 11.4 Å². The number of nitrogens with zero attached hydrogens (tertiary/aromatic N) is 5. The molecule has 1 aliphatic heterocycles. The van der Waals surface area contributed by atoms with Crippen LogP contribution < -0.4 is 9.64 Å². The zero-order valence-electron chi connectivity index (χ0n) is 17.0. The molecule has 1 aliphatic rings. The lowest BCUT2D eigenvalue weighted by atomic mass is 10.2. The summed E-state index contributed by atoms with van der Waals surface area (Å²) < 4.78 is 14.6. The summed E-state index contributed by atoms with van der Waals surface area (Å²) in [5.74, 6) is 1.76. The van der Waals surface area contributed by atoms with Gasteiger partial charge in [-0.25, -0.2) is 4.98 Å². The Morgan fingerprint density at radius 3 is 2.70 bits per heavy atom. The summed E-state index contributed by atoms with van der Waals surface area (Å²) in [5, 5.41) is 2.12. The fourth-order valence-corrected chi connectivity index (χ4v) is 4.57. The molecule has 1 aromatic carbocycles. The van der Waals surface area contributed by atoms with Crippen LogP contribution in [0.5, 0.6) is 6.01 Å². The predicted octanol–water partition coefficient (Wildman–Crippen LogP) is 3.82. The minimum atomic E-state index is 0.306. The fraction of sp³-hybridized carbons (Fsp3) is 0.318. The molecule has 154 valence electrons. The Bertz CT molecular complexity index is 1170. The first-order chi connectivity index (χ1) is 14.7. The standard InChI is InChI=1S/C22H23N5O2S/c1-15-14-30-20-19(15)24-22(25-21(20)27-8-10-28-11-9-27)29-13-18-23-17(12-26(18)2)16-6-4-3-5-7-16/h3-7,12,14H,8-11,13H2,1-2H3. The van der Waals surface area contributed by atoms with Gasteiger partial charge in [0.05, 0.1) is 29.1 Å². The van der Waals surface area contributed by atoms with Crippen LogP contribution in [0.4, 0.5) is 5.82 Å². The molecule has 0 saturated carbocycles. The van der Waals surface area contributed by atoms with Crippen LogP contribution in [0.2, 0.25) is 0 Å². The van der Waals surface area contributed by atoms with E-state index in [1.165, 1.54) is 0 Å². The summed E-state index contributed by atoms with van der Waals surface area (Å²) in [4.78, 5) is 16.4. The number of aromatic nitrogens is 4. The van der Waals surface area contributed by atoms with E-state index in [-0.39, 0.29) is 0 Å². The number of fused-ring (bicyclic) bond motifs is 1. The maximum Gasteiger partial charge on any atom is 0.319 e. The van der Waals surface area contributed by atoms with E-state index in [9.17, 15) is 0 Å². The smallest absolute Gasteiger partial charge is 0.319 e. The van der Waals surface area contributed by atoms with Crippen molar-refractivity contribution in [2.24, 2.45) is 7.05 Å². The highest BCUT2D eigenvalue weighted by Gasteiger charge is 2.20. The van der Waals surface area contributed by atoms with E-state index < -0.39 is 0 Å². The quantitative estimate of drug-likeness (QED) is 0.488. The Kier molecular flexibility index (Phi) is 5.10. The Morgan fingerprint density at radius 2 is 1.90 bits per heavy atom. The van der Waals surface area contributed by atoms with Gasteiger partial charge in [0, 0.05) is 31.9 Å². The second-order valence-corrected chi connectivity index (χ2v) is 8.21. The van der Waals surface area contributed by atoms with Gasteiger partial charge in [0.25, 0.3) is 0 Å². The number of ether oxygens (including phenoxy) is 2. The SMILES string of the molecule is Cc1csc2c(N3CCOCC3)nc(OCc3nc(-c4ccccc4)cn3C)nc12. The first-order valence-corrected chi connectivity index (χ1v) is 10.9. The largest absolute Gasteiger partial charge is 0.455 e. The van der Waals surface area contributed by atoms with Crippen molar-refractivity contribution in [2.75, 3.05) is 31.2 Å². The molecule has 0 amide bonds. The predicted molar refractivity (Wildman–Crippen MR) is 118 cm³/mol. The third-order valence-electron chi connectivity index (χ3n) is 5.24. The molecule has 0 spiro atoms. The second-order valence-electron chi connectivity index (χ2n) is 7.33. The summed E-state index contributed by atoms with van der Waals surface area (Å²) in [5.41, 5.74) is 4.10. The molecular weight excluding hydrogens is 398 g/mol. The number of anilines is 1. The maximum atomic E-state index is 6.03. The Labute approximate surface area is 178 Å². The first kappa shape index (κ1) is 19.0. The fourth-order valence-electron chi connectivity index (χ4n) is 3.57. The number of hydrogen-bond donors (Lipinski definition) is 0. The molecule has 3 aromatic heterocycles. The number of rotatable bonds is 5. The van der Waals surface area contributed by atoms with Crippen molar-refractivity contribution in [3.63, 3.8) is 0 Å². The molecule has 1 fully saturated rings. The monoisotopic (exact) mass is 421 g/mol. The van der Waals surface area contributed by atoms with E-state index in [0.717, 1.165) is 51.8 Å². The third-order valence-corrected chi connectivity index (χ3v) is 6.32. The average Bonchev–Trinajstić information content (AvgIpc) is 3.35. The molecule has 4 aromatic rings. The van der Waals surface area contributed by atoms with Crippen LogP contribution >= 0.6 is 11.3 Å². The Balaban J connectivity index is 1.42. The molecule has 0 radical (unpaired) electrons. The van der Waals surface area contributed by atoms with Gasteiger partial charge in [-0.1, -0.05) is 30.3 Å². The van der Waals surface area contributed by atoms with Crippen LogP contribution in [0, 0.1) is 6.92 Å². The number of thiophene rings is 1. The van der Waals surface area contributed by atoms with Crippen molar-refractivity contribution >= 4 is 27.4 Å². The maximum absolute atomic E-state index is 6.03. The molecule has 0 unspecified atom stereocenters. The zero-order valence-corrected chi connectivity index (χ0v) is 17.9. The van der Waals surface area contributed by atoms with E-state index >= 15 is 0 Å². The van der Waals surface area contributed by atoms with Crippen molar-refractivity contribution in [1.29, 1.82) is 0 Å². The van der Waals surface area contributed by atoms with E-state index in [1.54, 1.807) is 11.3 Å². The van der Waals surface area contributed by atoms with Gasteiger partial charge < -0.3 is 18.9 Å². The number of imidazole rings is 1. The molecular formula is C22H23N5O2S. The molecule has 4 heterocycles. The number of aryl methyl sites for hydroxylation is 2. The molecule has 0 aliphatic carbocycles. The molecule has 0 bridgehead atoms. The van der Waals surface area contributed by atoms with Crippen LogP contribution in [0.3, 0.4) is 0 Å². The summed E-state index contributed by atoms with van der Waals surface area (Å²) in [6.45, 7) is 5.44. The van der Waals surface area contributed by atoms with Gasteiger partial charge in [-0.3, -0.25) is 0 Å². The summed E-state index contributed by atoms with van der Waals surface area (Å²) >= 11 is 1.68. The Morgan fingerprint density at radius 1 is 1.10 bits per heavy atom. The molecule has 5 rings (SSSR count). The lowest BCUT2D eigenvalue weighted by molar-refractivity contribution is 0.122. The summed E-state index contributed by atoms with van der Waals surface area (Å²) in [6, 6.07) is 10.5. The molecule has 1 saturated heterocycles. The van der Waals surface area contributed by atoms with Gasteiger partial charge >= 0.3 is 6.01 Å². The molecule has 30 heavy (non-hydrogen) atoms. The second kappa shape index (κ2) is 8.04. The van der Waals surface area contributed by atoms with Gasteiger partial charge in [0.2, 0.25) is 0 Å². The first-order valence-electron chi connectivity index (χ1n) is 9.98. The molecule has 0 N–H and O–H groups in total. The lowest BCUT2D eigenvalue weighted by Gasteiger charge is -2.28. The van der Waals surface area contributed by atoms with Gasteiger partial charge in [0.1, 0.15) is 12.4 Å². The minimum Gasteiger partial charge on any atom is -0.455 e. The molecule has 8 heteroatoms. The topological polar surface area (TPSA) is 65.3 Å². The van der Waals surface area contributed by atoms with Gasteiger partial charge in [0.15, 0.2) is 5.82 Å². The van der Waals surface area contributed by atoms with E-state index in [4.69, 9.17) is 19.4 Å². The molecule has 7 nitrogen and oxygen atoms in total. The van der Waals surface area contributed by atoms with Crippen LogP contribution in [0.25, 0.3) is 21.5 Å². The lowest BCUT2D eigenvalue weighted by Crippen LogP contribution is -2.36. The normalized spacial score (nSPS) is 14.4. The van der Waals surface area contributed by atoms with Crippen molar-refractivity contribution < 1.29 is 9.47 Å². The van der Waals surface area contributed by atoms with Gasteiger partial charge in [-0.05, 0) is 17.9 Å². The third kappa shape index (κ3) is 3.64. The van der Waals surface area contributed by atoms with E-state index in [2.05, 4.69) is 34.3 Å². The van der Waals surface area contributed by atoms with Crippen molar-refractivity contribution in [3.05, 3.63) is 53.3 Å². The number of benzene rings is 1. The highest BCUT2D eigenvalue weighted by molar-refractivity contribution is 7.18. The van der Waals surface area contributed by atoms with E-state index in [1.807, 2.05) is 36.0 Å². The summed E-state index contributed by atoms with van der Waals surface area (Å²) in [6.07, 6.45) is 2.01. The molecule has 0 atom stereocenters. The van der Waals surface area contributed by atoms with E-state index in [0.29, 0.717) is 25.8 Å². The van der Waals surface area contributed by atoms with Crippen molar-refractivity contribution in [1.82, 2.24) is 19.5 Å². The van der Waals surface area contributed by atoms with Crippen LogP contribution in [-0.4, -0.2) is 45.8 Å². The highest BCUT2D eigenvalue weighted by atomic mass is 32.1.